The van der Waals surface area contributed by atoms with Crippen LogP contribution >= 0.6 is 11.6 Å². The maximum absolute atomic E-state index is 12.1. The highest BCUT2D eigenvalue weighted by Gasteiger charge is 2.28. The number of sulfonamides is 1. The van der Waals surface area contributed by atoms with Crippen LogP contribution in [0.3, 0.4) is 0 Å². The summed E-state index contributed by atoms with van der Waals surface area (Å²) < 4.78 is 31.8. The molecule has 1 fully saturated rings. The SMILES string of the molecule is CCOCC(=O)Nc1cc(S(=O)(=O)NC2CC2)ccc1Cl. The third-order valence-electron chi connectivity index (χ3n) is 2.86. The lowest BCUT2D eigenvalue weighted by atomic mass is 10.3. The average molecular weight is 333 g/mol. The summed E-state index contributed by atoms with van der Waals surface area (Å²) in [6.07, 6.45) is 1.70. The number of carbonyl (C=O) groups excluding carboxylic acids is 1. The second-order valence-corrected chi connectivity index (χ2v) is 6.84. The summed E-state index contributed by atoms with van der Waals surface area (Å²) in [7, 11) is -3.58. The molecule has 0 saturated heterocycles. The van der Waals surface area contributed by atoms with Gasteiger partial charge in [-0.3, -0.25) is 4.79 Å². The molecule has 0 aromatic heterocycles. The van der Waals surface area contributed by atoms with Crippen LogP contribution in [-0.4, -0.2) is 33.6 Å². The number of rotatable bonds is 7. The average Bonchev–Trinajstić information content (AvgIpc) is 3.22. The fraction of sp³-hybridized carbons (Fsp3) is 0.462. The van der Waals surface area contributed by atoms with Crippen LogP contribution in [0.2, 0.25) is 5.02 Å². The number of nitrogens with one attached hydrogen (secondary N) is 2. The zero-order chi connectivity index (χ0) is 15.5. The molecular formula is C13H17ClN2O4S. The highest BCUT2D eigenvalue weighted by molar-refractivity contribution is 7.89. The first kappa shape index (κ1) is 16.2. The Balaban J connectivity index is 2.14. The maximum Gasteiger partial charge on any atom is 0.250 e. The van der Waals surface area contributed by atoms with Crippen LogP contribution in [0.25, 0.3) is 0 Å². The van der Waals surface area contributed by atoms with Gasteiger partial charge in [-0.05, 0) is 38.0 Å². The van der Waals surface area contributed by atoms with Crippen LogP contribution in [0.15, 0.2) is 23.1 Å². The van der Waals surface area contributed by atoms with Gasteiger partial charge in [0.15, 0.2) is 0 Å². The molecule has 8 heteroatoms. The minimum Gasteiger partial charge on any atom is -0.372 e. The van der Waals surface area contributed by atoms with Crippen molar-refractivity contribution in [1.29, 1.82) is 0 Å². The van der Waals surface area contributed by atoms with Gasteiger partial charge in [0.05, 0.1) is 15.6 Å². The Bertz CT molecular complexity index is 629. The van der Waals surface area contributed by atoms with Crippen LogP contribution in [0.5, 0.6) is 0 Å². The zero-order valence-electron chi connectivity index (χ0n) is 11.6. The summed E-state index contributed by atoms with van der Waals surface area (Å²) in [5.41, 5.74) is 0.250. The first-order valence-corrected chi connectivity index (χ1v) is 8.48. The monoisotopic (exact) mass is 332 g/mol. The van der Waals surface area contributed by atoms with Crippen molar-refractivity contribution in [3.05, 3.63) is 23.2 Å². The van der Waals surface area contributed by atoms with E-state index in [4.69, 9.17) is 16.3 Å². The molecule has 0 atom stereocenters. The van der Waals surface area contributed by atoms with Crippen molar-refractivity contribution in [3.63, 3.8) is 0 Å². The molecule has 2 N–H and O–H groups in total. The van der Waals surface area contributed by atoms with E-state index in [-0.39, 0.29) is 34.2 Å². The van der Waals surface area contributed by atoms with Crippen molar-refractivity contribution < 1.29 is 17.9 Å². The Hall–Kier alpha value is -1.15. The molecule has 1 saturated carbocycles. The van der Waals surface area contributed by atoms with Gasteiger partial charge >= 0.3 is 0 Å². The second-order valence-electron chi connectivity index (χ2n) is 4.72. The molecule has 6 nitrogen and oxygen atoms in total. The lowest BCUT2D eigenvalue weighted by molar-refractivity contribution is -0.120. The van der Waals surface area contributed by atoms with E-state index in [1.807, 2.05) is 0 Å². The molecular weight excluding hydrogens is 316 g/mol. The zero-order valence-corrected chi connectivity index (χ0v) is 13.1. The normalized spacial score (nSPS) is 15.0. The van der Waals surface area contributed by atoms with Gasteiger partial charge in [-0.2, -0.15) is 0 Å². The largest absolute Gasteiger partial charge is 0.372 e. The van der Waals surface area contributed by atoms with Crippen molar-refractivity contribution >= 4 is 33.2 Å². The van der Waals surface area contributed by atoms with Crippen LogP contribution in [-0.2, 0) is 19.6 Å². The van der Waals surface area contributed by atoms with Gasteiger partial charge in [0.1, 0.15) is 6.61 Å². The van der Waals surface area contributed by atoms with E-state index in [0.29, 0.717) is 6.61 Å². The highest BCUT2D eigenvalue weighted by Crippen LogP contribution is 2.27. The molecule has 1 amide bonds. The summed E-state index contributed by atoms with van der Waals surface area (Å²) in [6.45, 7) is 2.09. The van der Waals surface area contributed by atoms with E-state index >= 15 is 0 Å². The lowest BCUT2D eigenvalue weighted by Gasteiger charge is -2.10. The minimum absolute atomic E-state index is 0.0154. The van der Waals surface area contributed by atoms with E-state index in [0.717, 1.165) is 12.8 Å². The van der Waals surface area contributed by atoms with E-state index in [2.05, 4.69) is 10.0 Å². The number of anilines is 1. The molecule has 0 aliphatic heterocycles. The predicted molar refractivity (Wildman–Crippen MR) is 79.9 cm³/mol. The van der Waals surface area contributed by atoms with Crippen LogP contribution in [0.1, 0.15) is 19.8 Å². The minimum atomic E-state index is -3.58. The summed E-state index contributed by atoms with van der Waals surface area (Å²) in [6, 6.07) is 4.21. The number of hydrogen-bond acceptors (Lipinski definition) is 4. The number of benzene rings is 1. The number of halogens is 1. The number of carbonyl (C=O) groups is 1. The standard InChI is InChI=1S/C13H17ClN2O4S/c1-2-20-8-13(17)15-12-7-10(5-6-11(12)14)21(18,19)16-9-3-4-9/h5-7,9,16H,2-4,8H2,1H3,(H,15,17). The van der Waals surface area contributed by atoms with Crippen LogP contribution < -0.4 is 10.0 Å². The molecule has 1 aliphatic carbocycles. The topological polar surface area (TPSA) is 84.5 Å². The number of ether oxygens (including phenoxy) is 1. The molecule has 0 unspecified atom stereocenters. The fourth-order valence-corrected chi connectivity index (χ4v) is 3.13. The predicted octanol–water partition coefficient (Wildman–Crippen LogP) is 1.76. The Labute approximate surface area is 128 Å². The van der Waals surface area contributed by atoms with Crippen LogP contribution in [0, 0.1) is 0 Å². The highest BCUT2D eigenvalue weighted by atomic mass is 35.5. The molecule has 0 bridgehead atoms. The van der Waals surface area contributed by atoms with E-state index in [1.54, 1.807) is 6.92 Å². The fourth-order valence-electron chi connectivity index (χ4n) is 1.64. The maximum atomic E-state index is 12.1. The summed E-state index contributed by atoms with van der Waals surface area (Å²) in [5.74, 6) is -0.386. The van der Waals surface area contributed by atoms with Gasteiger partial charge in [-0.1, -0.05) is 11.6 Å². The molecule has 2 rings (SSSR count). The Kier molecular flexibility index (Phi) is 5.21. The molecule has 116 valence electrons. The third-order valence-corrected chi connectivity index (χ3v) is 4.71. The molecule has 0 radical (unpaired) electrons. The summed E-state index contributed by atoms with van der Waals surface area (Å²) >= 11 is 5.97. The van der Waals surface area contributed by atoms with E-state index < -0.39 is 10.0 Å². The lowest BCUT2D eigenvalue weighted by Crippen LogP contribution is -2.26. The molecule has 1 aromatic carbocycles. The number of hydrogen-bond donors (Lipinski definition) is 2. The van der Waals surface area contributed by atoms with E-state index in [9.17, 15) is 13.2 Å². The van der Waals surface area contributed by atoms with Crippen molar-refractivity contribution in [1.82, 2.24) is 4.72 Å². The Morgan fingerprint density at radius 1 is 1.43 bits per heavy atom. The molecule has 0 heterocycles. The Morgan fingerprint density at radius 2 is 2.14 bits per heavy atom. The van der Waals surface area contributed by atoms with Gasteiger partial charge in [-0.15, -0.1) is 0 Å². The first-order chi connectivity index (χ1) is 9.92. The molecule has 1 aromatic rings. The van der Waals surface area contributed by atoms with Crippen molar-refractivity contribution in [2.24, 2.45) is 0 Å². The molecule has 0 spiro atoms. The smallest absolute Gasteiger partial charge is 0.250 e. The summed E-state index contributed by atoms with van der Waals surface area (Å²) in [5, 5.41) is 2.81. The Morgan fingerprint density at radius 3 is 2.76 bits per heavy atom. The first-order valence-electron chi connectivity index (χ1n) is 6.62. The van der Waals surface area contributed by atoms with Crippen molar-refractivity contribution in [3.8, 4) is 0 Å². The van der Waals surface area contributed by atoms with E-state index in [1.165, 1.54) is 18.2 Å². The summed E-state index contributed by atoms with van der Waals surface area (Å²) in [4.78, 5) is 11.7. The second kappa shape index (κ2) is 6.74. The molecule has 1 aliphatic rings. The van der Waals surface area contributed by atoms with Gasteiger partial charge in [0.2, 0.25) is 15.9 Å². The third kappa shape index (κ3) is 4.67. The van der Waals surface area contributed by atoms with Gasteiger partial charge in [-0.25, -0.2) is 13.1 Å². The van der Waals surface area contributed by atoms with Gasteiger partial charge in [0, 0.05) is 12.6 Å². The van der Waals surface area contributed by atoms with Gasteiger partial charge < -0.3 is 10.1 Å². The number of amides is 1. The van der Waals surface area contributed by atoms with Crippen molar-refractivity contribution in [2.75, 3.05) is 18.5 Å². The molecule has 21 heavy (non-hydrogen) atoms. The quantitative estimate of drug-likeness (QED) is 0.796. The van der Waals surface area contributed by atoms with Gasteiger partial charge in [0.25, 0.3) is 0 Å². The van der Waals surface area contributed by atoms with Crippen molar-refractivity contribution in [2.45, 2.75) is 30.7 Å². The van der Waals surface area contributed by atoms with Crippen LogP contribution in [0.4, 0.5) is 5.69 Å².